The standard InChI is InChI=1S/C17H22ClNO/c18-16-7-11-6-13(9-16)14(17(20,8-11)10-16)15(19)12-4-2-1-3-5-12/h1-5,11,13-15,20H,6-10,19H2/t11-,13?,14+,15-,16-,17-/m0/s1. The molecule has 1 aromatic carbocycles. The van der Waals surface area contributed by atoms with Gasteiger partial charge in [-0.2, -0.15) is 0 Å². The molecule has 0 radical (unpaired) electrons. The summed E-state index contributed by atoms with van der Waals surface area (Å²) in [7, 11) is 0. The number of alkyl halides is 1. The number of hydrogen-bond donors (Lipinski definition) is 2. The topological polar surface area (TPSA) is 46.2 Å². The van der Waals surface area contributed by atoms with Crippen LogP contribution in [0.3, 0.4) is 0 Å². The van der Waals surface area contributed by atoms with Crippen molar-refractivity contribution in [2.45, 2.75) is 48.6 Å². The lowest BCUT2D eigenvalue weighted by Crippen LogP contribution is -2.64. The van der Waals surface area contributed by atoms with E-state index >= 15 is 0 Å². The highest BCUT2D eigenvalue weighted by molar-refractivity contribution is 6.24. The predicted molar refractivity (Wildman–Crippen MR) is 80.5 cm³/mol. The van der Waals surface area contributed by atoms with E-state index in [1.54, 1.807) is 0 Å². The number of hydrogen-bond acceptors (Lipinski definition) is 2. The summed E-state index contributed by atoms with van der Waals surface area (Å²) < 4.78 is 0. The molecule has 3 heteroatoms. The molecule has 4 saturated carbocycles. The molecular weight excluding hydrogens is 270 g/mol. The summed E-state index contributed by atoms with van der Waals surface area (Å²) in [6.45, 7) is 0. The highest BCUT2D eigenvalue weighted by Crippen LogP contribution is 2.64. The van der Waals surface area contributed by atoms with Crippen molar-refractivity contribution in [3.05, 3.63) is 35.9 Å². The highest BCUT2D eigenvalue weighted by atomic mass is 35.5. The summed E-state index contributed by atoms with van der Waals surface area (Å²) in [6, 6.07) is 10.1. The Morgan fingerprint density at radius 2 is 1.95 bits per heavy atom. The van der Waals surface area contributed by atoms with Crippen LogP contribution in [-0.4, -0.2) is 15.6 Å². The number of nitrogens with two attached hydrogens (primary N) is 1. The SMILES string of the molecule is N[C@@H](c1ccccc1)[C@H]1C2C[C@H]3C[C@](Cl)(C2)C[C@@]1(O)C3. The fraction of sp³-hybridized carbons (Fsp3) is 0.647. The van der Waals surface area contributed by atoms with Crippen LogP contribution in [-0.2, 0) is 0 Å². The second-order valence-corrected chi connectivity index (χ2v) is 8.17. The van der Waals surface area contributed by atoms with Gasteiger partial charge in [-0.3, -0.25) is 0 Å². The average molecular weight is 292 g/mol. The minimum Gasteiger partial charge on any atom is -0.389 e. The quantitative estimate of drug-likeness (QED) is 0.822. The van der Waals surface area contributed by atoms with E-state index in [9.17, 15) is 5.11 Å². The molecule has 108 valence electrons. The van der Waals surface area contributed by atoms with Crippen LogP contribution in [0.25, 0.3) is 0 Å². The lowest BCUT2D eigenvalue weighted by molar-refractivity contribution is -0.170. The maximum Gasteiger partial charge on any atom is 0.0716 e. The molecule has 3 N–H and O–H groups in total. The molecule has 6 atom stereocenters. The molecular formula is C17H22ClNO. The van der Waals surface area contributed by atoms with Crippen molar-refractivity contribution in [1.29, 1.82) is 0 Å². The first-order valence-corrected chi connectivity index (χ1v) is 8.09. The van der Waals surface area contributed by atoms with Crippen LogP contribution in [0.2, 0.25) is 0 Å². The molecule has 2 nitrogen and oxygen atoms in total. The molecule has 1 unspecified atom stereocenters. The largest absolute Gasteiger partial charge is 0.389 e. The van der Waals surface area contributed by atoms with Crippen LogP contribution in [0.1, 0.15) is 43.7 Å². The van der Waals surface area contributed by atoms with Crippen molar-refractivity contribution in [3.63, 3.8) is 0 Å². The van der Waals surface area contributed by atoms with Crippen LogP contribution in [0.5, 0.6) is 0 Å². The Bertz CT molecular complexity index is 521. The van der Waals surface area contributed by atoms with Crippen LogP contribution in [0, 0.1) is 17.8 Å². The Labute approximate surface area is 125 Å². The molecule has 4 bridgehead atoms. The number of rotatable bonds is 2. The molecule has 5 rings (SSSR count). The Morgan fingerprint density at radius 3 is 2.60 bits per heavy atom. The third-order valence-electron chi connectivity index (χ3n) is 5.88. The van der Waals surface area contributed by atoms with Crippen molar-refractivity contribution in [2.75, 3.05) is 0 Å². The van der Waals surface area contributed by atoms with E-state index in [4.69, 9.17) is 17.3 Å². The van der Waals surface area contributed by atoms with Gasteiger partial charge < -0.3 is 10.8 Å². The first kappa shape index (κ1) is 13.1. The molecule has 4 aliphatic carbocycles. The third kappa shape index (κ3) is 1.85. The van der Waals surface area contributed by atoms with Crippen LogP contribution < -0.4 is 5.73 Å². The zero-order valence-corrected chi connectivity index (χ0v) is 12.4. The minimum atomic E-state index is -0.652. The van der Waals surface area contributed by atoms with E-state index in [1.165, 1.54) is 6.42 Å². The van der Waals surface area contributed by atoms with Gasteiger partial charge in [-0.25, -0.2) is 0 Å². The van der Waals surface area contributed by atoms with Crippen molar-refractivity contribution < 1.29 is 5.11 Å². The molecule has 4 aliphatic rings. The Hall–Kier alpha value is -0.570. The van der Waals surface area contributed by atoms with Gasteiger partial charge in [-0.1, -0.05) is 30.3 Å². The Balaban J connectivity index is 1.69. The van der Waals surface area contributed by atoms with Crippen molar-refractivity contribution >= 4 is 11.6 Å². The average Bonchev–Trinajstić information content (AvgIpc) is 2.36. The summed E-state index contributed by atoms with van der Waals surface area (Å²) in [4.78, 5) is -0.159. The molecule has 0 spiro atoms. The Kier molecular flexibility index (Phi) is 2.77. The Morgan fingerprint density at radius 1 is 1.20 bits per heavy atom. The summed E-state index contributed by atoms with van der Waals surface area (Å²) in [5, 5.41) is 11.2. The summed E-state index contributed by atoms with van der Waals surface area (Å²) in [5.41, 5.74) is 7.03. The number of benzene rings is 1. The van der Waals surface area contributed by atoms with Gasteiger partial charge in [0.05, 0.1) is 5.60 Å². The molecule has 0 aliphatic heterocycles. The molecule has 0 aromatic heterocycles. The van der Waals surface area contributed by atoms with E-state index in [0.717, 1.165) is 31.2 Å². The lowest BCUT2D eigenvalue weighted by Gasteiger charge is -2.63. The van der Waals surface area contributed by atoms with Gasteiger partial charge >= 0.3 is 0 Å². The molecule has 20 heavy (non-hydrogen) atoms. The van der Waals surface area contributed by atoms with E-state index in [0.29, 0.717) is 11.8 Å². The first-order chi connectivity index (χ1) is 9.49. The summed E-state index contributed by atoms with van der Waals surface area (Å²) in [6.07, 6.45) is 4.92. The maximum absolute atomic E-state index is 11.2. The summed E-state index contributed by atoms with van der Waals surface area (Å²) in [5.74, 6) is 1.24. The smallest absolute Gasteiger partial charge is 0.0716 e. The van der Waals surface area contributed by atoms with Crippen molar-refractivity contribution in [2.24, 2.45) is 23.5 Å². The second-order valence-electron chi connectivity index (χ2n) is 7.37. The molecule has 0 amide bonds. The van der Waals surface area contributed by atoms with E-state index in [-0.39, 0.29) is 16.8 Å². The van der Waals surface area contributed by atoms with Crippen molar-refractivity contribution in [3.8, 4) is 0 Å². The predicted octanol–water partition coefficient (Wildman–Crippen LogP) is 3.24. The lowest BCUT2D eigenvalue weighted by atomic mass is 9.48. The first-order valence-electron chi connectivity index (χ1n) is 7.71. The molecule has 4 fully saturated rings. The fourth-order valence-electron chi connectivity index (χ4n) is 5.56. The fourth-order valence-corrected chi connectivity index (χ4v) is 6.21. The zero-order chi connectivity index (χ0) is 14.0. The van der Waals surface area contributed by atoms with Gasteiger partial charge in [0.15, 0.2) is 0 Å². The zero-order valence-electron chi connectivity index (χ0n) is 11.6. The normalized spacial score (nSPS) is 47.5. The van der Waals surface area contributed by atoms with Gasteiger partial charge in [0.2, 0.25) is 0 Å². The van der Waals surface area contributed by atoms with Gasteiger partial charge in [-0.05, 0) is 49.5 Å². The minimum absolute atomic E-state index is 0.0773. The highest BCUT2D eigenvalue weighted by Gasteiger charge is 2.62. The molecule has 0 saturated heterocycles. The van der Waals surface area contributed by atoms with Crippen LogP contribution in [0.4, 0.5) is 0 Å². The number of aliphatic hydroxyl groups is 1. The number of halogens is 1. The second kappa shape index (κ2) is 4.22. The van der Waals surface area contributed by atoms with Gasteiger partial charge in [0, 0.05) is 16.8 Å². The monoisotopic (exact) mass is 291 g/mol. The third-order valence-corrected chi connectivity index (χ3v) is 6.33. The summed E-state index contributed by atoms with van der Waals surface area (Å²) >= 11 is 6.74. The van der Waals surface area contributed by atoms with E-state index in [2.05, 4.69) is 12.1 Å². The van der Waals surface area contributed by atoms with Gasteiger partial charge in [0.25, 0.3) is 0 Å². The van der Waals surface area contributed by atoms with Gasteiger partial charge in [-0.15, -0.1) is 11.6 Å². The van der Waals surface area contributed by atoms with Crippen molar-refractivity contribution in [1.82, 2.24) is 0 Å². The van der Waals surface area contributed by atoms with Crippen LogP contribution in [0.15, 0.2) is 30.3 Å². The van der Waals surface area contributed by atoms with Gasteiger partial charge in [0.1, 0.15) is 0 Å². The van der Waals surface area contributed by atoms with E-state index < -0.39 is 5.60 Å². The van der Waals surface area contributed by atoms with Crippen LogP contribution >= 0.6 is 11.6 Å². The molecule has 0 heterocycles. The molecule has 1 aromatic rings. The van der Waals surface area contributed by atoms with E-state index in [1.807, 2.05) is 18.2 Å². The maximum atomic E-state index is 11.2.